The Morgan fingerprint density at radius 1 is 1.37 bits per heavy atom. The molecule has 1 saturated carbocycles. The molecule has 1 aliphatic rings. The third-order valence-electron chi connectivity index (χ3n) is 3.81. The van der Waals surface area contributed by atoms with E-state index in [0.717, 1.165) is 25.7 Å². The van der Waals surface area contributed by atoms with Gasteiger partial charge in [-0.2, -0.15) is 0 Å². The van der Waals surface area contributed by atoms with Crippen LogP contribution in [0.5, 0.6) is 5.75 Å². The molecule has 0 atom stereocenters. The van der Waals surface area contributed by atoms with Crippen molar-refractivity contribution < 1.29 is 9.13 Å². The van der Waals surface area contributed by atoms with E-state index in [9.17, 15) is 4.39 Å². The second kappa shape index (κ2) is 5.19. The lowest BCUT2D eigenvalue weighted by molar-refractivity contribution is 0.0985. The number of halogens is 1. The first-order valence-corrected chi connectivity index (χ1v) is 6.68. The molecule has 1 aromatic carbocycles. The number of nitrogens with one attached hydrogen (secondary N) is 1. The Hall–Kier alpha value is -1.58. The number of rotatable bonds is 3. The fourth-order valence-corrected chi connectivity index (χ4v) is 2.49. The zero-order valence-electron chi connectivity index (χ0n) is 11.5. The molecule has 0 amide bonds. The first-order chi connectivity index (χ1) is 8.87. The van der Waals surface area contributed by atoms with Gasteiger partial charge in [0.25, 0.3) is 0 Å². The summed E-state index contributed by atoms with van der Waals surface area (Å²) in [6.45, 7) is 4.53. The van der Waals surface area contributed by atoms with E-state index in [4.69, 9.17) is 15.9 Å². The largest absolute Gasteiger partial charge is 0.490 e. The van der Waals surface area contributed by atoms with Gasteiger partial charge in [0.15, 0.2) is 0 Å². The van der Waals surface area contributed by atoms with Crippen molar-refractivity contribution in [3.63, 3.8) is 0 Å². The predicted octanol–water partition coefficient (Wildman–Crippen LogP) is 3.46. The second-order valence-electron chi connectivity index (χ2n) is 6.04. The molecule has 0 radical (unpaired) electrons. The van der Waals surface area contributed by atoms with Crippen molar-refractivity contribution in [1.29, 1.82) is 5.41 Å². The van der Waals surface area contributed by atoms with Crippen LogP contribution in [0.15, 0.2) is 18.2 Å². The first-order valence-electron chi connectivity index (χ1n) is 6.68. The van der Waals surface area contributed by atoms with Gasteiger partial charge in [-0.05, 0) is 49.3 Å². The topological polar surface area (TPSA) is 59.1 Å². The van der Waals surface area contributed by atoms with Crippen molar-refractivity contribution in [2.45, 2.75) is 45.6 Å². The van der Waals surface area contributed by atoms with Gasteiger partial charge in [-0.15, -0.1) is 0 Å². The summed E-state index contributed by atoms with van der Waals surface area (Å²) in [5.41, 5.74) is 6.19. The van der Waals surface area contributed by atoms with Crippen LogP contribution in [0.3, 0.4) is 0 Å². The van der Waals surface area contributed by atoms with E-state index >= 15 is 0 Å². The summed E-state index contributed by atoms with van der Waals surface area (Å²) in [6, 6.07) is 4.16. The van der Waals surface area contributed by atoms with Crippen LogP contribution in [0.25, 0.3) is 0 Å². The third-order valence-corrected chi connectivity index (χ3v) is 3.81. The van der Waals surface area contributed by atoms with E-state index in [0.29, 0.717) is 16.7 Å². The van der Waals surface area contributed by atoms with Crippen molar-refractivity contribution in [2.24, 2.45) is 11.1 Å². The Labute approximate surface area is 113 Å². The van der Waals surface area contributed by atoms with Crippen molar-refractivity contribution >= 4 is 5.84 Å². The zero-order valence-corrected chi connectivity index (χ0v) is 11.5. The molecule has 0 spiro atoms. The molecule has 2 rings (SSSR count). The second-order valence-corrected chi connectivity index (χ2v) is 6.04. The van der Waals surface area contributed by atoms with E-state index in [1.54, 1.807) is 6.07 Å². The molecular weight excluding hydrogens is 243 g/mol. The van der Waals surface area contributed by atoms with Gasteiger partial charge < -0.3 is 10.5 Å². The van der Waals surface area contributed by atoms with Crippen LogP contribution in [0.2, 0.25) is 0 Å². The van der Waals surface area contributed by atoms with Gasteiger partial charge in [-0.25, -0.2) is 4.39 Å². The SMILES string of the molecule is CC1(C)CCC(Oc2ccc(F)cc2C(=N)N)CC1. The maximum absolute atomic E-state index is 13.2. The predicted molar refractivity (Wildman–Crippen MR) is 74.1 cm³/mol. The quantitative estimate of drug-likeness (QED) is 0.649. The third kappa shape index (κ3) is 3.46. The smallest absolute Gasteiger partial charge is 0.130 e. The molecule has 0 bridgehead atoms. The Morgan fingerprint density at radius 3 is 2.58 bits per heavy atom. The minimum atomic E-state index is -0.401. The van der Waals surface area contributed by atoms with Crippen molar-refractivity contribution in [3.8, 4) is 5.75 Å². The van der Waals surface area contributed by atoms with E-state index in [2.05, 4.69) is 13.8 Å². The fourth-order valence-electron chi connectivity index (χ4n) is 2.49. The Balaban J connectivity index is 2.10. The van der Waals surface area contributed by atoms with Gasteiger partial charge in [-0.1, -0.05) is 13.8 Å². The van der Waals surface area contributed by atoms with Gasteiger partial charge in [-0.3, -0.25) is 5.41 Å². The highest BCUT2D eigenvalue weighted by molar-refractivity contribution is 5.97. The number of hydrogen-bond acceptors (Lipinski definition) is 2. The minimum Gasteiger partial charge on any atom is -0.490 e. The molecule has 1 fully saturated rings. The van der Waals surface area contributed by atoms with Gasteiger partial charge >= 0.3 is 0 Å². The summed E-state index contributed by atoms with van der Waals surface area (Å²) < 4.78 is 19.1. The molecule has 1 aromatic rings. The van der Waals surface area contributed by atoms with Gasteiger partial charge in [0.2, 0.25) is 0 Å². The number of benzene rings is 1. The lowest BCUT2D eigenvalue weighted by atomic mass is 9.76. The Morgan fingerprint density at radius 2 is 2.00 bits per heavy atom. The first kappa shape index (κ1) is 13.8. The summed E-state index contributed by atoms with van der Waals surface area (Å²) in [7, 11) is 0. The highest BCUT2D eigenvalue weighted by Gasteiger charge is 2.28. The number of nitrogens with two attached hydrogens (primary N) is 1. The summed E-state index contributed by atoms with van der Waals surface area (Å²) in [5.74, 6) is -0.0495. The lowest BCUT2D eigenvalue weighted by Crippen LogP contribution is -2.29. The minimum absolute atomic E-state index is 0.136. The molecule has 0 aliphatic heterocycles. The molecule has 19 heavy (non-hydrogen) atoms. The summed E-state index contributed by atoms with van der Waals surface area (Å²) in [5, 5.41) is 7.48. The average molecular weight is 264 g/mol. The Kier molecular flexibility index (Phi) is 3.78. The molecule has 1 aliphatic carbocycles. The highest BCUT2D eigenvalue weighted by atomic mass is 19.1. The van der Waals surface area contributed by atoms with Crippen LogP contribution in [-0.4, -0.2) is 11.9 Å². The normalized spacial score (nSPS) is 19.1. The molecule has 3 nitrogen and oxygen atoms in total. The molecule has 0 heterocycles. The Bertz CT molecular complexity index is 475. The van der Waals surface area contributed by atoms with E-state index < -0.39 is 5.82 Å². The van der Waals surface area contributed by atoms with Crippen LogP contribution in [0.4, 0.5) is 4.39 Å². The molecule has 0 aromatic heterocycles. The van der Waals surface area contributed by atoms with Crippen molar-refractivity contribution in [3.05, 3.63) is 29.6 Å². The van der Waals surface area contributed by atoms with Crippen LogP contribution in [0.1, 0.15) is 45.1 Å². The average Bonchev–Trinajstić information content (AvgIpc) is 2.33. The van der Waals surface area contributed by atoms with Crippen LogP contribution >= 0.6 is 0 Å². The molecule has 0 unspecified atom stereocenters. The number of ether oxygens (including phenoxy) is 1. The van der Waals surface area contributed by atoms with Gasteiger partial charge in [0.05, 0.1) is 11.7 Å². The van der Waals surface area contributed by atoms with Crippen LogP contribution in [-0.2, 0) is 0 Å². The van der Waals surface area contributed by atoms with Crippen LogP contribution in [0, 0.1) is 16.6 Å². The molecule has 104 valence electrons. The number of nitrogen functional groups attached to an aromatic ring is 1. The van der Waals surface area contributed by atoms with Crippen LogP contribution < -0.4 is 10.5 Å². The molecular formula is C15H21FN2O. The highest BCUT2D eigenvalue weighted by Crippen LogP contribution is 2.37. The molecule has 3 N–H and O–H groups in total. The monoisotopic (exact) mass is 264 g/mol. The zero-order chi connectivity index (χ0) is 14.0. The van der Waals surface area contributed by atoms with E-state index in [1.807, 2.05) is 0 Å². The maximum Gasteiger partial charge on any atom is 0.130 e. The molecule has 0 saturated heterocycles. The standard InChI is InChI=1S/C15H21FN2O/c1-15(2)7-5-11(6-8-15)19-13-4-3-10(16)9-12(13)14(17)18/h3-4,9,11H,5-8H2,1-2H3,(H3,17,18). The van der Waals surface area contributed by atoms with E-state index in [-0.39, 0.29) is 11.9 Å². The summed E-state index contributed by atoms with van der Waals surface area (Å²) >= 11 is 0. The van der Waals surface area contributed by atoms with Crippen molar-refractivity contribution in [1.82, 2.24) is 0 Å². The van der Waals surface area contributed by atoms with Gasteiger partial charge in [0, 0.05) is 0 Å². The van der Waals surface area contributed by atoms with E-state index in [1.165, 1.54) is 12.1 Å². The molecule has 4 heteroatoms. The number of hydrogen-bond donors (Lipinski definition) is 2. The maximum atomic E-state index is 13.2. The van der Waals surface area contributed by atoms with Gasteiger partial charge in [0.1, 0.15) is 17.4 Å². The fraction of sp³-hybridized carbons (Fsp3) is 0.533. The van der Waals surface area contributed by atoms with Crippen molar-refractivity contribution in [2.75, 3.05) is 0 Å². The summed E-state index contributed by atoms with van der Waals surface area (Å²) in [6.07, 6.45) is 4.35. The lowest BCUT2D eigenvalue weighted by Gasteiger charge is -2.34. The summed E-state index contributed by atoms with van der Waals surface area (Å²) in [4.78, 5) is 0. The number of amidine groups is 1.